The molecule has 0 saturated carbocycles. The zero-order valence-electron chi connectivity index (χ0n) is 17.7. The maximum absolute atomic E-state index is 12.9. The van der Waals surface area contributed by atoms with Gasteiger partial charge in [0.15, 0.2) is 5.82 Å². The molecule has 0 aliphatic heterocycles. The molecule has 1 aromatic heterocycles. The molecule has 0 unspecified atom stereocenters. The van der Waals surface area contributed by atoms with Crippen LogP contribution in [0.5, 0.6) is 5.75 Å². The lowest BCUT2D eigenvalue weighted by atomic mass is 9.88. The molecule has 0 saturated heterocycles. The number of nitrogens with one attached hydrogen (secondary N) is 1. The second-order valence-corrected chi connectivity index (χ2v) is 9.01. The van der Waals surface area contributed by atoms with Gasteiger partial charge in [-0.3, -0.25) is 4.79 Å². The molecular formula is C23H27N5O2S. The van der Waals surface area contributed by atoms with E-state index in [0.717, 1.165) is 30.6 Å². The van der Waals surface area contributed by atoms with Crippen molar-refractivity contribution in [3.63, 3.8) is 0 Å². The Hall–Kier alpha value is -3.00. The van der Waals surface area contributed by atoms with Gasteiger partial charge in [-0.25, -0.2) is 4.68 Å². The highest BCUT2D eigenvalue weighted by Crippen LogP contribution is 2.30. The van der Waals surface area contributed by atoms with E-state index in [4.69, 9.17) is 10.6 Å². The molecular weight excluding hydrogens is 410 g/mol. The van der Waals surface area contributed by atoms with Gasteiger partial charge in [0.25, 0.3) is 0 Å². The summed E-state index contributed by atoms with van der Waals surface area (Å²) in [7, 11) is 1.64. The number of amides is 1. The average Bonchev–Trinajstić information content (AvgIpc) is 3.13. The van der Waals surface area contributed by atoms with E-state index in [0.29, 0.717) is 17.4 Å². The number of hydrogen-bond donors (Lipinski definition) is 2. The van der Waals surface area contributed by atoms with E-state index in [1.54, 1.807) is 7.11 Å². The molecule has 3 aromatic rings. The van der Waals surface area contributed by atoms with Crippen molar-refractivity contribution >= 4 is 17.7 Å². The Labute approximate surface area is 186 Å². The number of thioether (sulfide) groups is 1. The van der Waals surface area contributed by atoms with Crippen molar-refractivity contribution in [1.82, 2.24) is 20.2 Å². The maximum atomic E-state index is 12.9. The first-order valence-corrected chi connectivity index (χ1v) is 11.3. The number of carbonyl (C=O) groups is 1. The van der Waals surface area contributed by atoms with E-state index in [1.807, 2.05) is 37.3 Å². The third kappa shape index (κ3) is 4.85. The summed E-state index contributed by atoms with van der Waals surface area (Å²) in [6, 6.07) is 16.1. The highest BCUT2D eigenvalue weighted by molar-refractivity contribution is 8.00. The number of fused-ring (bicyclic) bond motifs is 1. The smallest absolute Gasteiger partial charge is 0.233 e. The molecule has 0 fully saturated rings. The molecule has 1 aliphatic rings. The average molecular weight is 438 g/mol. The molecule has 8 heteroatoms. The van der Waals surface area contributed by atoms with Gasteiger partial charge < -0.3 is 15.9 Å². The van der Waals surface area contributed by atoms with E-state index in [9.17, 15) is 4.79 Å². The largest absolute Gasteiger partial charge is 0.497 e. The van der Waals surface area contributed by atoms with Crippen LogP contribution in [-0.2, 0) is 17.6 Å². The lowest BCUT2D eigenvalue weighted by Crippen LogP contribution is -2.36. The number of ether oxygens (including phenoxy) is 1. The van der Waals surface area contributed by atoms with Crippen LogP contribution in [0.3, 0.4) is 0 Å². The van der Waals surface area contributed by atoms with Gasteiger partial charge in [0.05, 0.1) is 18.4 Å². The Bertz CT molecular complexity index is 1050. The fraction of sp³-hybridized carbons (Fsp3) is 0.348. The first-order valence-electron chi connectivity index (χ1n) is 10.4. The minimum atomic E-state index is -0.338. The van der Waals surface area contributed by atoms with Crippen molar-refractivity contribution in [2.75, 3.05) is 13.0 Å². The number of hydrogen-bond acceptors (Lipinski definition) is 6. The highest BCUT2D eigenvalue weighted by Gasteiger charge is 2.25. The van der Waals surface area contributed by atoms with E-state index in [1.165, 1.54) is 27.6 Å². The van der Waals surface area contributed by atoms with Crippen molar-refractivity contribution in [2.24, 2.45) is 0 Å². The summed E-state index contributed by atoms with van der Waals surface area (Å²) in [4.78, 5) is 12.9. The molecule has 1 heterocycles. The monoisotopic (exact) mass is 437 g/mol. The summed E-state index contributed by atoms with van der Waals surface area (Å²) in [5, 5.41) is 11.8. The summed E-state index contributed by atoms with van der Waals surface area (Å²) >= 11 is 1.32. The number of rotatable bonds is 7. The molecule has 2 aromatic carbocycles. The Balaban J connectivity index is 1.38. The summed E-state index contributed by atoms with van der Waals surface area (Å²) in [5.41, 5.74) is 3.60. The minimum absolute atomic E-state index is 0.0218. The van der Waals surface area contributed by atoms with Crippen LogP contribution in [-0.4, -0.2) is 33.1 Å². The Morgan fingerprint density at radius 3 is 2.81 bits per heavy atom. The van der Waals surface area contributed by atoms with Crippen LogP contribution in [0.4, 0.5) is 0 Å². The third-order valence-corrected chi connectivity index (χ3v) is 6.65. The second-order valence-electron chi connectivity index (χ2n) is 7.71. The van der Waals surface area contributed by atoms with Gasteiger partial charge in [-0.2, -0.15) is 0 Å². The number of aryl methyl sites for hydroxylation is 1. The Morgan fingerprint density at radius 1 is 1.26 bits per heavy atom. The predicted octanol–water partition coefficient (Wildman–Crippen LogP) is 3.27. The summed E-state index contributed by atoms with van der Waals surface area (Å²) in [6.07, 6.45) is 3.65. The SMILES string of the molecule is COc1ccc(Cc2nnc(S[C@@H](C)C(=O)N[C@@H]3CCCc4ccccc43)n2N)cc1. The molecule has 0 radical (unpaired) electrons. The standard InChI is InChI=1S/C23H27N5O2S/c1-15(22(29)25-20-9-5-7-17-6-3-4-8-19(17)20)31-23-27-26-21(28(23)24)14-16-10-12-18(30-2)13-11-16/h3-4,6,8,10-13,15,20H,5,7,9,14,24H2,1-2H3,(H,25,29)/t15-,20+/m0/s1. The van der Waals surface area contributed by atoms with Crippen molar-refractivity contribution in [1.29, 1.82) is 0 Å². The second kappa shape index (κ2) is 9.43. The zero-order chi connectivity index (χ0) is 21.8. The summed E-state index contributed by atoms with van der Waals surface area (Å²) in [5.74, 6) is 7.64. The van der Waals surface area contributed by atoms with Gasteiger partial charge in [-0.1, -0.05) is 48.2 Å². The van der Waals surface area contributed by atoms with Crippen LogP contribution in [0, 0.1) is 0 Å². The number of methoxy groups -OCH3 is 1. The minimum Gasteiger partial charge on any atom is -0.497 e. The number of nitrogens with zero attached hydrogens (tertiary/aromatic N) is 3. The van der Waals surface area contributed by atoms with E-state index >= 15 is 0 Å². The van der Waals surface area contributed by atoms with Crippen LogP contribution in [0.15, 0.2) is 53.7 Å². The molecule has 31 heavy (non-hydrogen) atoms. The molecule has 162 valence electrons. The van der Waals surface area contributed by atoms with Crippen LogP contribution >= 0.6 is 11.8 Å². The first-order chi connectivity index (χ1) is 15.0. The molecule has 0 spiro atoms. The van der Waals surface area contributed by atoms with Crippen molar-refractivity contribution in [2.45, 2.75) is 49.1 Å². The number of aromatic nitrogens is 3. The van der Waals surface area contributed by atoms with Gasteiger partial charge in [0, 0.05) is 6.42 Å². The van der Waals surface area contributed by atoms with Gasteiger partial charge in [0.2, 0.25) is 11.1 Å². The lowest BCUT2D eigenvalue weighted by molar-refractivity contribution is -0.121. The van der Waals surface area contributed by atoms with E-state index < -0.39 is 0 Å². The maximum Gasteiger partial charge on any atom is 0.233 e. The van der Waals surface area contributed by atoms with Crippen LogP contribution in [0.2, 0.25) is 0 Å². The predicted molar refractivity (Wildman–Crippen MR) is 122 cm³/mol. The molecule has 4 rings (SSSR count). The molecule has 7 nitrogen and oxygen atoms in total. The molecule has 0 bridgehead atoms. The van der Waals surface area contributed by atoms with Gasteiger partial charge >= 0.3 is 0 Å². The van der Waals surface area contributed by atoms with Crippen LogP contribution in [0.1, 0.15) is 48.3 Å². The van der Waals surface area contributed by atoms with E-state index in [-0.39, 0.29) is 17.2 Å². The molecule has 3 N–H and O–H groups in total. The first kappa shape index (κ1) is 21.2. The quantitative estimate of drug-likeness (QED) is 0.435. The summed E-state index contributed by atoms with van der Waals surface area (Å²) < 4.78 is 6.65. The van der Waals surface area contributed by atoms with Gasteiger partial charge in [-0.15, -0.1) is 10.2 Å². The molecule has 1 aliphatic carbocycles. The number of nitrogen functional groups attached to an aromatic ring is 1. The van der Waals surface area contributed by atoms with Gasteiger partial charge in [0.1, 0.15) is 5.75 Å². The zero-order valence-corrected chi connectivity index (χ0v) is 18.6. The fourth-order valence-electron chi connectivity index (χ4n) is 3.84. The number of carbonyl (C=O) groups excluding carboxylic acids is 1. The fourth-order valence-corrected chi connectivity index (χ4v) is 4.64. The van der Waals surface area contributed by atoms with Crippen molar-refractivity contribution < 1.29 is 9.53 Å². The topological polar surface area (TPSA) is 95.1 Å². The van der Waals surface area contributed by atoms with Crippen LogP contribution < -0.4 is 15.9 Å². The normalized spacial score (nSPS) is 16.4. The third-order valence-electron chi connectivity index (χ3n) is 5.59. The van der Waals surface area contributed by atoms with E-state index in [2.05, 4.69) is 33.7 Å². The van der Waals surface area contributed by atoms with Crippen molar-refractivity contribution in [3.8, 4) is 5.75 Å². The molecule has 1 amide bonds. The van der Waals surface area contributed by atoms with Crippen LogP contribution in [0.25, 0.3) is 0 Å². The number of benzene rings is 2. The Kier molecular flexibility index (Phi) is 6.46. The van der Waals surface area contributed by atoms with Gasteiger partial charge in [-0.05, 0) is 55.0 Å². The summed E-state index contributed by atoms with van der Waals surface area (Å²) in [6.45, 7) is 1.87. The highest BCUT2D eigenvalue weighted by atomic mass is 32.2. The molecule has 2 atom stereocenters. The lowest BCUT2D eigenvalue weighted by Gasteiger charge is -2.27. The number of nitrogens with two attached hydrogens (primary N) is 1. The van der Waals surface area contributed by atoms with Crippen molar-refractivity contribution in [3.05, 3.63) is 71.0 Å². The Morgan fingerprint density at radius 2 is 2.03 bits per heavy atom.